The molecule has 1 saturated heterocycles. The van der Waals surface area contributed by atoms with Crippen LogP contribution in [0.15, 0.2) is 42.6 Å². The highest BCUT2D eigenvalue weighted by Crippen LogP contribution is 2.28. The number of imidazole rings is 1. The van der Waals surface area contributed by atoms with Gasteiger partial charge in [-0.05, 0) is 63.2 Å². The molecule has 0 atom stereocenters. The van der Waals surface area contributed by atoms with Crippen LogP contribution >= 0.6 is 0 Å². The van der Waals surface area contributed by atoms with Crippen molar-refractivity contribution in [2.24, 2.45) is 5.92 Å². The van der Waals surface area contributed by atoms with Crippen LogP contribution in [-0.4, -0.2) is 52.5 Å². The van der Waals surface area contributed by atoms with Crippen LogP contribution in [0.4, 0.5) is 19.0 Å². The third-order valence-electron chi connectivity index (χ3n) is 5.14. The average Bonchev–Trinajstić information content (AvgIpc) is 3.17. The number of piperidine rings is 1. The molecule has 0 spiro atoms. The normalized spacial score (nSPS) is 15.4. The standard InChI is InChI=1S/C20H22F3N5O.C2H6/c1-27-9-7-14(8-10-27)12-24-18-5-6-19-25-13-17(28(19)26-18)15-3-2-4-16(11-15)29-20(21,22)23;1-2/h2-6,11,13-14H,7-10,12H2,1H3,(H,24,26);1-2H3. The fourth-order valence-electron chi connectivity index (χ4n) is 3.53. The van der Waals surface area contributed by atoms with E-state index >= 15 is 0 Å². The second-order valence-corrected chi connectivity index (χ2v) is 7.34. The van der Waals surface area contributed by atoms with Crippen molar-refractivity contribution in [1.29, 1.82) is 0 Å². The Kier molecular flexibility index (Phi) is 7.37. The second kappa shape index (κ2) is 10.00. The minimum atomic E-state index is -4.73. The Morgan fingerprint density at radius 2 is 1.87 bits per heavy atom. The van der Waals surface area contributed by atoms with Gasteiger partial charge < -0.3 is 15.0 Å². The SMILES string of the molecule is CC.CN1CCC(CNc2ccc3ncc(-c4cccc(OC(F)(F)F)c4)n3n2)CC1. The van der Waals surface area contributed by atoms with Crippen LogP contribution in [0.3, 0.4) is 0 Å². The van der Waals surface area contributed by atoms with E-state index in [4.69, 9.17) is 0 Å². The molecule has 0 radical (unpaired) electrons. The predicted molar refractivity (Wildman–Crippen MR) is 115 cm³/mol. The summed E-state index contributed by atoms with van der Waals surface area (Å²) in [4.78, 5) is 6.63. The van der Waals surface area contributed by atoms with Crippen molar-refractivity contribution < 1.29 is 17.9 Å². The summed E-state index contributed by atoms with van der Waals surface area (Å²) >= 11 is 0. The van der Waals surface area contributed by atoms with Gasteiger partial charge in [0.05, 0.1) is 11.9 Å². The van der Waals surface area contributed by atoms with Crippen LogP contribution in [0.25, 0.3) is 16.9 Å². The molecule has 0 aliphatic carbocycles. The minimum Gasteiger partial charge on any atom is -0.406 e. The van der Waals surface area contributed by atoms with E-state index in [-0.39, 0.29) is 5.75 Å². The second-order valence-electron chi connectivity index (χ2n) is 7.34. The van der Waals surface area contributed by atoms with E-state index < -0.39 is 6.36 Å². The first-order valence-corrected chi connectivity index (χ1v) is 10.5. The molecule has 9 heteroatoms. The fraction of sp³-hybridized carbons (Fsp3) is 0.455. The lowest BCUT2D eigenvalue weighted by Crippen LogP contribution is -2.33. The van der Waals surface area contributed by atoms with E-state index in [0.29, 0.717) is 28.6 Å². The highest BCUT2D eigenvalue weighted by molar-refractivity contribution is 5.65. The quantitative estimate of drug-likeness (QED) is 0.606. The van der Waals surface area contributed by atoms with E-state index in [1.165, 1.54) is 18.2 Å². The summed E-state index contributed by atoms with van der Waals surface area (Å²) in [7, 11) is 2.13. The Balaban J connectivity index is 0.00000132. The van der Waals surface area contributed by atoms with Crippen LogP contribution in [0.2, 0.25) is 0 Å². The van der Waals surface area contributed by atoms with Crippen LogP contribution < -0.4 is 10.1 Å². The van der Waals surface area contributed by atoms with E-state index in [1.54, 1.807) is 16.8 Å². The Morgan fingerprint density at radius 3 is 2.58 bits per heavy atom. The molecular weight excluding hydrogens is 407 g/mol. The largest absolute Gasteiger partial charge is 0.573 e. The molecule has 0 unspecified atom stereocenters. The zero-order chi connectivity index (χ0) is 22.4. The van der Waals surface area contributed by atoms with Crippen LogP contribution in [0.1, 0.15) is 26.7 Å². The molecule has 1 aromatic carbocycles. The van der Waals surface area contributed by atoms with Gasteiger partial charge in [-0.15, -0.1) is 18.3 Å². The van der Waals surface area contributed by atoms with Crippen molar-refractivity contribution in [2.45, 2.75) is 33.1 Å². The number of hydrogen-bond donors (Lipinski definition) is 1. The highest BCUT2D eigenvalue weighted by Gasteiger charge is 2.31. The molecule has 0 amide bonds. The molecule has 3 heterocycles. The average molecular weight is 435 g/mol. The van der Waals surface area contributed by atoms with Crippen molar-refractivity contribution in [1.82, 2.24) is 19.5 Å². The zero-order valence-corrected chi connectivity index (χ0v) is 18.0. The van der Waals surface area contributed by atoms with Gasteiger partial charge in [-0.25, -0.2) is 9.50 Å². The minimum absolute atomic E-state index is 0.276. The predicted octanol–water partition coefficient (Wildman–Crippen LogP) is 5.07. The Bertz CT molecular complexity index is 981. The molecule has 2 aromatic heterocycles. The summed E-state index contributed by atoms with van der Waals surface area (Å²) in [5.41, 5.74) is 1.75. The van der Waals surface area contributed by atoms with Gasteiger partial charge in [0.1, 0.15) is 11.6 Å². The number of anilines is 1. The molecule has 0 saturated carbocycles. The number of nitrogens with one attached hydrogen (secondary N) is 1. The van der Waals surface area contributed by atoms with Crippen molar-refractivity contribution in [2.75, 3.05) is 32.0 Å². The summed E-state index contributed by atoms with van der Waals surface area (Å²) in [6.45, 7) is 7.03. The number of hydrogen-bond acceptors (Lipinski definition) is 5. The van der Waals surface area contributed by atoms with E-state index in [2.05, 4.69) is 32.1 Å². The molecule has 31 heavy (non-hydrogen) atoms. The smallest absolute Gasteiger partial charge is 0.406 e. The number of likely N-dealkylation sites (tertiary alicyclic amines) is 1. The van der Waals surface area contributed by atoms with Gasteiger partial charge in [-0.1, -0.05) is 26.0 Å². The lowest BCUT2D eigenvalue weighted by atomic mass is 9.97. The van der Waals surface area contributed by atoms with Gasteiger partial charge in [0, 0.05) is 12.1 Å². The molecule has 1 N–H and O–H groups in total. The van der Waals surface area contributed by atoms with Gasteiger partial charge in [0.15, 0.2) is 5.65 Å². The van der Waals surface area contributed by atoms with Crippen LogP contribution in [0, 0.1) is 5.92 Å². The zero-order valence-electron chi connectivity index (χ0n) is 18.0. The number of alkyl halides is 3. The summed E-state index contributed by atoms with van der Waals surface area (Å²) in [6.07, 6.45) is -0.848. The van der Waals surface area contributed by atoms with Crippen molar-refractivity contribution in [3.05, 3.63) is 42.6 Å². The Morgan fingerprint density at radius 1 is 1.13 bits per heavy atom. The highest BCUT2D eigenvalue weighted by atomic mass is 19.4. The number of rotatable bonds is 5. The van der Waals surface area contributed by atoms with Crippen molar-refractivity contribution in [3.63, 3.8) is 0 Å². The number of ether oxygens (including phenoxy) is 1. The van der Waals surface area contributed by atoms with E-state index in [1.807, 2.05) is 26.0 Å². The molecular formula is C22H28F3N5O. The molecule has 1 aliphatic rings. The van der Waals surface area contributed by atoms with E-state index in [0.717, 1.165) is 32.5 Å². The number of fused-ring (bicyclic) bond motifs is 1. The van der Waals surface area contributed by atoms with Gasteiger partial charge in [0.25, 0.3) is 0 Å². The topological polar surface area (TPSA) is 54.7 Å². The van der Waals surface area contributed by atoms with Gasteiger partial charge >= 0.3 is 6.36 Å². The van der Waals surface area contributed by atoms with Gasteiger partial charge in [-0.3, -0.25) is 0 Å². The third kappa shape index (κ3) is 6.10. The maximum absolute atomic E-state index is 12.5. The first kappa shape index (κ1) is 22.9. The molecule has 1 fully saturated rings. The van der Waals surface area contributed by atoms with Crippen molar-refractivity contribution in [3.8, 4) is 17.0 Å². The van der Waals surface area contributed by atoms with Crippen LogP contribution in [-0.2, 0) is 0 Å². The molecule has 3 aromatic rings. The summed E-state index contributed by atoms with van der Waals surface area (Å²) in [5.74, 6) is 1.03. The van der Waals surface area contributed by atoms with E-state index in [9.17, 15) is 13.2 Å². The summed E-state index contributed by atoms with van der Waals surface area (Å²) in [5, 5.41) is 7.97. The Hall–Kier alpha value is -2.81. The van der Waals surface area contributed by atoms with Crippen LogP contribution in [0.5, 0.6) is 5.75 Å². The molecule has 168 valence electrons. The lowest BCUT2D eigenvalue weighted by Gasteiger charge is -2.29. The lowest BCUT2D eigenvalue weighted by molar-refractivity contribution is -0.274. The molecule has 4 rings (SSSR count). The third-order valence-corrected chi connectivity index (χ3v) is 5.14. The number of nitrogens with zero attached hydrogens (tertiary/aromatic N) is 4. The maximum atomic E-state index is 12.5. The summed E-state index contributed by atoms with van der Waals surface area (Å²) < 4.78 is 43.2. The van der Waals surface area contributed by atoms with Crippen molar-refractivity contribution >= 4 is 11.5 Å². The molecule has 6 nitrogen and oxygen atoms in total. The monoisotopic (exact) mass is 435 g/mol. The number of benzene rings is 1. The first-order valence-electron chi connectivity index (χ1n) is 10.5. The number of aromatic nitrogens is 3. The van der Waals surface area contributed by atoms with Gasteiger partial charge in [-0.2, -0.15) is 0 Å². The fourth-order valence-corrected chi connectivity index (χ4v) is 3.53. The number of halogens is 3. The molecule has 0 bridgehead atoms. The Labute approximate surface area is 180 Å². The van der Waals surface area contributed by atoms with Gasteiger partial charge in [0.2, 0.25) is 0 Å². The molecule has 1 aliphatic heterocycles. The maximum Gasteiger partial charge on any atom is 0.573 e. The summed E-state index contributed by atoms with van der Waals surface area (Å²) in [6, 6.07) is 9.51. The first-order chi connectivity index (χ1) is 14.9.